The number of benzene rings is 3. The molecule has 1 amide bonds. The quantitative estimate of drug-likeness (QED) is 0.169. The van der Waals surface area contributed by atoms with Crippen molar-refractivity contribution in [3.05, 3.63) is 112 Å². The molecular formula is C27H24N4O2S. The fourth-order valence-electron chi connectivity index (χ4n) is 3.35. The summed E-state index contributed by atoms with van der Waals surface area (Å²) in [6.45, 7) is 3.90. The number of Topliss-reactive ketones (excluding diaryl/α,β-unsaturated/α-hetero) is 1. The second-order valence-electron chi connectivity index (χ2n) is 7.74. The van der Waals surface area contributed by atoms with E-state index >= 15 is 0 Å². The Morgan fingerprint density at radius 3 is 2.29 bits per heavy atom. The van der Waals surface area contributed by atoms with Crippen LogP contribution in [0.1, 0.15) is 31.2 Å². The van der Waals surface area contributed by atoms with Crippen molar-refractivity contribution in [1.29, 1.82) is 0 Å². The van der Waals surface area contributed by atoms with Crippen LogP contribution in [0.25, 0.3) is 0 Å². The van der Waals surface area contributed by atoms with Gasteiger partial charge in [-0.15, -0.1) is 11.3 Å². The zero-order chi connectivity index (χ0) is 23.9. The van der Waals surface area contributed by atoms with Gasteiger partial charge in [-0.25, -0.2) is 0 Å². The lowest BCUT2D eigenvalue weighted by atomic mass is 10.1. The molecule has 0 aliphatic heterocycles. The minimum Gasteiger partial charge on any atom is -0.359 e. The number of carbonyl (C=O) groups excluding carboxylic acids is 2. The van der Waals surface area contributed by atoms with Gasteiger partial charge < -0.3 is 10.6 Å². The third kappa shape index (κ3) is 5.63. The number of hydrogen-bond acceptors (Lipinski definition) is 6. The summed E-state index contributed by atoms with van der Waals surface area (Å²) in [7, 11) is 0. The number of aryl methyl sites for hydroxylation is 2. The van der Waals surface area contributed by atoms with Crippen LogP contribution in [0.2, 0.25) is 0 Å². The van der Waals surface area contributed by atoms with Crippen molar-refractivity contribution in [2.45, 2.75) is 20.0 Å². The summed E-state index contributed by atoms with van der Waals surface area (Å²) in [6, 6.07) is 25.7. The number of hydrogen-bond donors (Lipinski definition) is 2. The summed E-state index contributed by atoms with van der Waals surface area (Å²) < 4.78 is 0. The van der Waals surface area contributed by atoms with Gasteiger partial charge in [0.1, 0.15) is 0 Å². The fraction of sp³-hybridized carbons (Fsp3) is 0.111. The molecule has 34 heavy (non-hydrogen) atoms. The minimum absolute atomic E-state index is 0.206. The first-order chi connectivity index (χ1) is 16.5. The smallest absolute Gasteiger partial charge is 0.253 e. The standard InChI is InChI=1S/C27H24N4O2S/c1-18-9-6-7-12-23(18)31-30-21-14-15-22(19(2)17-21)28-26(25(32)24-13-8-16-34-24)29-27(33)20-10-4-3-5-11-20/h3-17,26,28H,1-2H3,(H,29,33)/t26-/m1/s1. The van der Waals surface area contributed by atoms with E-state index in [2.05, 4.69) is 20.9 Å². The predicted octanol–water partition coefficient (Wildman–Crippen LogP) is 6.83. The Morgan fingerprint density at radius 1 is 0.824 bits per heavy atom. The molecule has 2 N–H and O–H groups in total. The normalized spacial score (nSPS) is 11.8. The van der Waals surface area contributed by atoms with E-state index in [1.807, 2.05) is 73.8 Å². The average molecular weight is 469 g/mol. The minimum atomic E-state index is -0.926. The molecule has 0 aliphatic carbocycles. The van der Waals surface area contributed by atoms with Gasteiger partial charge in [-0.1, -0.05) is 42.5 Å². The topological polar surface area (TPSA) is 82.9 Å². The van der Waals surface area contributed by atoms with E-state index in [1.165, 1.54) is 11.3 Å². The van der Waals surface area contributed by atoms with Gasteiger partial charge in [-0.05, 0) is 72.8 Å². The van der Waals surface area contributed by atoms with Crippen LogP contribution in [0.5, 0.6) is 0 Å². The molecule has 6 nitrogen and oxygen atoms in total. The number of carbonyl (C=O) groups is 2. The summed E-state index contributed by atoms with van der Waals surface area (Å²) in [6.07, 6.45) is -0.926. The predicted molar refractivity (Wildman–Crippen MR) is 137 cm³/mol. The zero-order valence-electron chi connectivity index (χ0n) is 18.9. The molecule has 0 unspecified atom stereocenters. The summed E-state index contributed by atoms with van der Waals surface area (Å²) in [5.74, 6) is -0.536. The molecule has 1 heterocycles. The average Bonchev–Trinajstić information content (AvgIpc) is 3.39. The first-order valence-electron chi connectivity index (χ1n) is 10.8. The highest BCUT2D eigenvalue weighted by atomic mass is 32.1. The molecule has 0 radical (unpaired) electrons. The molecule has 3 aromatic carbocycles. The van der Waals surface area contributed by atoms with Gasteiger partial charge in [0, 0.05) is 11.3 Å². The van der Waals surface area contributed by atoms with E-state index in [1.54, 1.807) is 30.3 Å². The van der Waals surface area contributed by atoms with Crippen LogP contribution in [0.3, 0.4) is 0 Å². The molecular weight excluding hydrogens is 444 g/mol. The Morgan fingerprint density at radius 2 is 1.59 bits per heavy atom. The van der Waals surface area contributed by atoms with Crippen molar-refractivity contribution in [3.63, 3.8) is 0 Å². The van der Waals surface area contributed by atoms with Gasteiger partial charge in [0.2, 0.25) is 5.78 Å². The van der Waals surface area contributed by atoms with Crippen molar-refractivity contribution in [2.24, 2.45) is 10.2 Å². The molecule has 0 bridgehead atoms. The maximum Gasteiger partial charge on any atom is 0.253 e. The molecule has 1 atom stereocenters. The monoisotopic (exact) mass is 468 g/mol. The Labute approximate surface area is 202 Å². The number of azo groups is 1. The lowest BCUT2D eigenvalue weighted by Gasteiger charge is -2.21. The molecule has 7 heteroatoms. The number of amides is 1. The van der Waals surface area contributed by atoms with E-state index in [0.29, 0.717) is 16.1 Å². The van der Waals surface area contributed by atoms with Crippen molar-refractivity contribution in [3.8, 4) is 0 Å². The Kier molecular flexibility index (Phi) is 7.25. The summed E-state index contributed by atoms with van der Waals surface area (Å²) in [4.78, 5) is 26.5. The number of nitrogens with zero attached hydrogens (tertiary/aromatic N) is 2. The number of ketones is 1. The lowest BCUT2D eigenvalue weighted by molar-refractivity contribution is 0.0871. The Bertz CT molecular complexity index is 1320. The van der Waals surface area contributed by atoms with E-state index in [0.717, 1.165) is 22.5 Å². The lowest BCUT2D eigenvalue weighted by Crippen LogP contribution is -2.46. The SMILES string of the molecule is Cc1ccccc1N=Nc1ccc(N[C@H](NC(=O)c2ccccc2)C(=O)c2cccs2)c(C)c1. The highest BCUT2D eigenvalue weighted by molar-refractivity contribution is 7.12. The summed E-state index contributed by atoms with van der Waals surface area (Å²) >= 11 is 1.34. The molecule has 4 aromatic rings. The second kappa shape index (κ2) is 10.7. The van der Waals surface area contributed by atoms with Gasteiger partial charge >= 0.3 is 0 Å². The first-order valence-corrected chi connectivity index (χ1v) is 11.7. The molecule has 0 saturated heterocycles. The summed E-state index contributed by atoms with van der Waals surface area (Å²) in [5.41, 5.74) is 4.63. The highest BCUT2D eigenvalue weighted by Gasteiger charge is 2.24. The molecule has 0 saturated carbocycles. The maximum absolute atomic E-state index is 13.1. The van der Waals surface area contributed by atoms with Gasteiger partial charge in [-0.2, -0.15) is 10.2 Å². The molecule has 170 valence electrons. The van der Waals surface area contributed by atoms with E-state index in [-0.39, 0.29) is 11.7 Å². The number of rotatable bonds is 8. The fourth-order valence-corrected chi connectivity index (χ4v) is 4.04. The van der Waals surface area contributed by atoms with Gasteiger partial charge in [-0.3, -0.25) is 9.59 Å². The van der Waals surface area contributed by atoms with Crippen molar-refractivity contribution >= 4 is 40.1 Å². The van der Waals surface area contributed by atoms with Gasteiger partial charge in [0.25, 0.3) is 5.91 Å². The third-order valence-corrected chi connectivity index (χ3v) is 6.12. The van der Waals surface area contributed by atoms with Crippen LogP contribution in [0.15, 0.2) is 101 Å². The van der Waals surface area contributed by atoms with Crippen LogP contribution in [0.4, 0.5) is 17.1 Å². The van der Waals surface area contributed by atoms with Crippen LogP contribution < -0.4 is 10.6 Å². The second-order valence-corrected chi connectivity index (χ2v) is 8.69. The summed E-state index contributed by atoms with van der Waals surface area (Å²) in [5, 5.41) is 16.5. The van der Waals surface area contributed by atoms with E-state index in [4.69, 9.17) is 0 Å². The first kappa shape index (κ1) is 23.1. The van der Waals surface area contributed by atoms with Crippen LogP contribution >= 0.6 is 11.3 Å². The van der Waals surface area contributed by atoms with Crippen LogP contribution in [-0.2, 0) is 0 Å². The van der Waals surface area contributed by atoms with E-state index < -0.39 is 6.17 Å². The van der Waals surface area contributed by atoms with E-state index in [9.17, 15) is 9.59 Å². The number of anilines is 1. The zero-order valence-corrected chi connectivity index (χ0v) is 19.7. The highest BCUT2D eigenvalue weighted by Crippen LogP contribution is 2.26. The maximum atomic E-state index is 13.1. The molecule has 1 aromatic heterocycles. The van der Waals surface area contributed by atoms with Crippen LogP contribution in [0, 0.1) is 13.8 Å². The number of thiophene rings is 1. The largest absolute Gasteiger partial charge is 0.359 e. The van der Waals surface area contributed by atoms with Crippen molar-refractivity contribution in [2.75, 3.05) is 5.32 Å². The number of nitrogens with one attached hydrogen (secondary N) is 2. The Balaban J connectivity index is 1.55. The van der Waals surface area contributed by atoms with Crippen molar-refractivity contribution < 1.29 is 9.59 Å². The molecule has 4 rings (SSSR count). The third-order valence-electron chi connectivity index (χ3n) is 5.24. The Hall–Kier alpha value is -4.10. The molecule has 0 spiro atoms. The molecule has 0 aliphatic rings. The molecule has 0 fully saturated rings. The van der Waals surface area contributed by atoms with Crippen LogP contribution in [-0.4, -0.2) is 17.9 Å². The van der Waals surface area contributed by atoms with Gasteiger partial charge in [0.15, 0.2) is 6.17 Å². The van der Waals surface area contributed by atoms with Crippen molar-refractivity contribution in [1.82, 2.24) is 5.32 Å². The van der Waals surface area contributed by atoms with Gasteiger partial charge in [0.05, 0.1) is 16.3 Å².